The molecule has 4 aromatic rings. The Morgan fingerprint density at radius 1 is 1.12 bits per heavy atom. The number of hydrogen-bond donors (Lipinski definition) is 2. The summed E-state index contributed by atoms with van der Waals surface area (Å²) in [5.74, 6) is -1.82. The summed E-state index contributed by atoms with van der Waals surface area (Å²) in [4.78, 5) is 38.4. The summed E-state index contributed by atoms with van der Waals surface area (Å²) in [5.41, 5.74) is 0.371. The first-order valence-electron chi connectivity index (χ1n) is 12.8. The molecule has 0 bridgehead atoms. The van der Waals surface area contributed by atoms with Crippen molar-refractivity contribution in [1.82, 2.24) is 34.4 Å². The highest BCUT2D eigenvalue weighted by Crippen LogP contribution is 2.26. The number of fused-ring (bicyclic) bond motifs is 1. The Bertz CT molecular complexity index is 1590. The number of pyridine rings is 1. The highest BCUT2D eigenvalue weighted by molar-refractivity contribution is 5.95. The van der Waals surface area contributed by atoms with Gasteiger partial charge in [0.1, 0.15) is 12.4 Å². The second-order valence-electron chi connectivity index (χ2n) is 10.2. The molecule has 0 saturated carbocycles. The van der Waals surface area contributed by atoms with E-state index in [4.69, 9.17) is 4.74 Å². The Balaban J connectivity index is 1.20. The number of amides is 2. The number of nitrogens with one attached hydrogen (secondary N) is 1. The van der Waals surface area contributed by atoms with Gasteiger partial charge in [-0.05, 0) is 45.0 Å². The van der Waals surface area contributed by atoms with Gasteiger partial charge in [-0.2, -0.15) is 0 Å². The molecule has 4 heterocycles. The van der Waals surface area contributed by atoms with Gasteiger partial charge < -0.3 is 20.1 Å². The summed E-state index contributed by atoms with van der Waals surface area (Å²) in [5, 5.41) is 20.1. The third-order valence-corrected chi connectivity index (χ3v) is 6.95. The molecule has 12 nitrogen and oxygen atoms in total. The number of rotatable bonds is 7. The van der Waals surface area contributed by atoms with Gasteiger partial charge in [0.15, 0.2) is 28.9 Å². The number of hydrogen-bond acceptors (Lipinski definition) is 9. The van der Waals surface area contributed by atoms with Crippen molar-refractivity contribution in [1.29, 1.82) is 0 Å². The van der Waals surface area contributed by atoms with E-state index in [0.29, 0.717) is 42.7 Å². The van der Waals surface area contributed by atoms with Gasteiger partial charge in [0.05, 0.1) is 29.5 Å². The smallest absolute Gasteiger partial charge is 0.255 e. The zero-order valence-corrected chi connectivity index (χ0v) is 22.6. The molecule has 14 heteroatoms. The number of carbonyl (C=O) groups is 2. The Labute approximate surface area is 233 Å². The van der Waals surface area contributed by atoms with Crippen LogP contribution in [0.15, 0.2) is 48.9 Å². The lowest BCUT2D eigenvalue weighted by Crippen LogP contribution is -2.63. The van der Waals surface area contributed by atoms with E-state index in [2.05, 4.69) is 25.5 Å². The second kappa shape index (κ2) is 11.1. The second-order valence-corrected chi connectivity index (χ2v) is 10.2. The molecular formula is C27H28F2N8O4. The van der Waals surface area contributed by atoms with Crippen LogP contribution < -0.4 is 10.1 Å². The van der Waals surface area contributed by atoms with Crippen molar-refractivity contribution in [2.24, 2.45) is 0 Å². The molecule has 2 amide bonds. The van der Waals surface area contributed by atoms with E-state index >= 15 is 0 Å². The molecule has 1 aliphatic rings. The zero-order chi connectivity index (χ0) is 29.3. The van der Waals surface area contributed by atoms with Crippen LogP contribution >= 0.6 is 0 Å². The molecule has 1 atom stereocenters. The Morgan fingerprint density at radius 3 is 2.61 bits per heavy atom. The molecule has 1 fully saturated rings. The lowest BCUT2D eigenvalue weighted by molar-refractivity contribution is -0.122. The van der Waals surface area contributed by atoms with Gasteiger partial charge in [-0.3, -0.25) is 18.9 Å². The number of aliphatic hydroxyl groups excluding tert-OH is 1. The summed E-state index contributed by atoms with van der Waals surface area (Å²) < 4.78 is 33.8. The highest BCUT2D eigenvalue weighted by atomic mass is 19.1. The fourth-order valence-electron chi connectivity index (χ4n) is 4.73. The van der Waals surface area contributed by atoms with Crippen molar-refractivity contribution in [3.05, 3.63) is 71.9 Å². The van der Waals surface area contributed by atoms with Gasteiger partial charge in [-0.25, -0.2) is 18.7 Å². The molecule has 0 aliphatic carbocycles. The van der Waals surface area contributed by atoms with Gasteiger partial charge >= 0.3 is 0 Å². The van der Waals surface area contributed by atoms with Gasteiger partial charge in [0.2, 0.25) is 11.8 Å². The van der Waals surface area contributed by atoms with Crippen LogP contribution in [0.3, 0.4) is 0 Å². The maximum Gasteiger partial charge on any atom is 0.255 e. The quantitative estimate of drug-likeness (QED) is 0.346. The number of benzene rings is 1. The van der Waals surface area contributed by atoms with E-state index in [1.807, 2.05) is 18.7 Å². The van der Waals surface area contributed by atoms with E-state index in [1.165, 1.54) is 12.4 Å². The number of aliphatic hydroxyl groups is 1. The van der Waals surface area contributed by atoms with Crippen LogP contribution in [0.1, 0.15) is 37.0 Å². The van der Waals surface area contributed by atoms with Crippen molar-refractivity contribution in [3.8, 4) is 11.6 Å². The maximum absolute atomic E-state index is 13.8. The summed E-state index contributed by atoms with van der Waals surface area (Å²) in [6.07, 6.45) is 4.11. The molecule has 1 aliphatic heterocycles. The van der Waals surface area contributed by atoms with Crippen molar-refractivity contribution in [2.45, 2.75) is 39.0 Å². The average Bonchev–Trinajstić information content (AvgIpc) is 3.36. The fourth-order valence-corrected chi connectivity index (χ4v) is 4.73. The molecule has 5 rings (SSSR count). The number of ether oxygens (including phenoxy) is 1. The van der Waals surface area contributed by atoms with Gasteiger partial charge in [-0.1, -0.05) is 0 Å². The first-order chi connectivity index (χ1) is 19.6. The Morgan fingerprint density at radius 2 is 1.93 bits per heavy atom. The minimum absolute atomic E-state index is 0.0277. The van der Waals surface area contributed by atoms with Crippen LogP contribution in [-0.4, -0.2) is 82.5 Å². The van der Waals surface area contributed by atoms with E-state index in [-0.39, 0.29) is 35.9 Å². The summed E-state index contributed by atoms with van der Waals surface area (Å²) in [7, 11) is 0. The topological polar surface area (TPSA) is 138 Å². The molecule has 1 aromatic carbocycles. The minimum Gasteiger partial charge on any atom is -0.434 e. The number of aromatic nitrogens is 5. The molecule has 1 saturated heterocycles. The molecular weight excluding hydrogens is 538 g/mol. The Hall–Kier alpha value is -4.56. The van der Waals surface area contributed by atoms with Crippen molar-refractivity contribution >= 4 is 23.3 Å². The minimum atomic E-state index is -0.880. The van der Waals surface area contributed by atoms with Crippen LogP contribution in [0.2, 0.25) is 0 Å². The third-order valence-electron chi connectivity index (χ3n) is 6.95. The molecule has 2 N–H and O–H groups in total. The average molecular weight is 567 g/mol. The summed E-state index contributed by atoms with van der Waals surface area (Å²) in [6, 6.07) is 5.71. The standard InChI is InChI=1S/C27H28F2N8O4/c1-16(25(39)32-21-11-31-24(12-30-21)41-20-6-5-18(28)10-19(20)29)35-8-9-37(27(2,3)15-35)26(40)17-4-7-22-33-34-23(14-38)36(22)13-17/h4-7,10-13,16,38H,8-9,14-15H2,1-3H3,(H,30,32,39)/t16-/m0/s1. The van der Waals surface area contributed by atoms with Crippen LogP contribution in [0.4, 0.5) is 14.6 Å². The van der Waals surface area contributed by atoms with Crippen LogP contribution in [0, 0.1) is 11.6 Å². The van der Waals surface area contributed by atoms with Crippen LogP contribution in [0.5, 0.6) is 11.6 Å². The van der Waals surface area contributed by atoms with E-state index < -0.39 is 23.2 Å². The third kappa shape index (κ3) is 5.83. The van der Waals surface area contributed by atoms with E-state index in [1.54, 1.807) is 34.6 Å². The van der Waals surface area contributed by atoms with Gasteiger partial charge in [0, 0.05) is 31.9 Å². The fraction of sp³-hybridized carbons (Fsp3) is 0.333. The molecule has 41 heavy (non-hydrogen) atoms. The normalized spacial score (nSPS) is 16.0. The lowest BCUT2D eigenvalue weighted by Gasteiger charge is -2.48. The lowest BCUT2D eigenvalue weighted by atomic mass is 9.96. The molecule has 214 valence electrons. The number of nitrogens with zero attached hydrogens (tertiary/aromatic N) is 7. The number of anilines is 1. The first kappa shape index (κ1) is 28.0. The predicted molar refractivity (Wildman–Crippen MR) is 142 cm³/mol. The monoisotopic (exact) mass is 566 g/mol. The molecule has 0 unspecified atom stereocenters. The molecule has 0 spiro atoms. The number of carbonyl (C=O) groups excluding carboxylic acids is 2. The number of halogens is 2. The molecule has 0 radical (unpaired) electrons. The van der Waals surface area contributed by atoms with Crippen molar-refractivity contribution < 1.29 is 28.2 Å². The van der Waals surface area contributed by atoms with E-state index in [0.717, 1.165) is 12.1 Å². The summed E-state index contributed by atoms with van der Waals surface area (Å²) >= 11 is 0. The van der Waals surface area contributed by atoms with E-state index in [9.17, 15) is 23.5 Å². The maximum atomic E-state index is 13.8. The van der Waals surface area contributed by atoms with Gasteiger partial charge in [-0.15, -0.1) is 10.2 Å². The number of piperazine rings is 1. The van der Waals surface area contributed by atoms with Crippen LogP contribution in [0.25, 0.3) is 5.65 Å². The van der Waals surface area contributed by atoms with Gasteiger partial charge in [0.25, 0.3) is 5.91 Å². The zero-order valence-electron chi connectivity index (χ0n) is 22.6. The van der Waals surface area contributed by atoms with Crippen LogP contribution in [-0.2, 0) is 11.4 Å². The first-order valence-corrected chi connectivity index (χ1v) is 12.8. The predicted octanol–water partition coefficient (Wildman–Crippen LogP) is 2.65. The molecule has 3 aromatic heterocycles. The van der Waals surface area contributed by atoms with Crippen molar-refractivity contribution in [2.75, 3.05) is 25.0 Å². The largest absolute Gasteiger partial charge is 0.434 e. The van der Waals surface area contributed by atoms with Crippen molar-refractivity contribution in [3.63, 3.8) is 0 Å². The highest BCUT2D eigenvalue weighted by Gasteiger charge is 2.39. The SMILES string of the molecule is C[C@@H](C(=O)Nc1cnc(Oc2ccc(F)cc2F)cn1)N1CCN(C(=O)c2ccc3nnc(CO)n3c2)C(C)(C)C1. The Kier molecular flexibility index (Phi) is 7.60. The summed E-state index contributed by atoms with van der Waals surface area (Å²) in [6.45, 7) is 6.62.